The van der Waals surface area contributed by atoms with Crippen LogP contribution in [-0.2, 0) is 4.79 Å². The Bertz CT molecular complexity index is 924. The highest BCUT2D eigenvalue weighted by atomic mass is 35.5. The van der Waals surface area contributed by atoms with Gasteiger partial charge in [-0.3, -0.25) is 14.4 Å². The summed E-state index contributed by atoms with van der Waals surface area (Å²) in [6.07, 6.45) is 2.65. The van der Waals surface area contributed by atoms with Gasteiger partial charge in [-0.25, -0.2) is 0 Å². The number of amides is 2. The number of hydrogen-bond donors (Lipinski definition) is 3. The molecule has 0 bridgehead atoms. The number of carbonyl (C=O) groups excluding carboxylic acids is 2. The molecule has 2 aromatic carbocycles. The predicted molar refractivity (Wildman–Crippen MR) is 117 cm³/mol. The van der Waals surface area contributed by atoms with Crippen LogP contribution in [0.1, 0.15) is 46.4 Å². The van der Waals surface area contributed by atoms with Gasteiger partial charge >= 0.3 is 5.97 Å². The lowest BCUT2D eigenvalue weighted by Gasteiger charge is -2.26. The summed E-state index contributed by atoms with van der Waals surface area (Å²) in [5, 5.41) is 15.0. The summed E-state index contributed by atoms with van der Waals surface area (Å²) in [5.41, 5.74) is 0.953. The zero-order chi connectivity index (χ0) is 22.2. The third kappa shape index (κ3) is 6.72. The first-order valence-corrected chi connectivity index (χ1v) is 10.6. The number of hydrogen-bond acceptors (Lipinski definition) is 4. The summed E-state index contributed by atoms with van der Waals surface area (Å²) in [5.74, 6) is -0.857. The molecule has 164 valence electrons. The van der Waals surface area contributed by atoms with Crippen LogP contribution in [0.2, 0.25) is 5.02 Å². The van der Waals surface area contributed by atoms with E-state index in [1.807, 2.05) is 0 Å². The Morgan fingerprint density at radius 3 is 2.10 bits per heavy atom. The minimum Gasteiger partial charge on any atom is -0.490 e. The van der Waals surface area contributed by atoms with Crippen LogP contribution in [0.4, 0.5) is 0 Å². The van der Waals surface area contributed by atoms with Crippen molar-refractivity contribution in [1.82, 2.24) is 10.6 Å². The Morgan fingerprint density at radius 1 is 0.903 bits per heavy atom. The molecule has 7 nitrogen and oxygen atoms in total. The van der Waals surface area contributed by atoms with Crippen molar-refractivity contribution in [3.05, 3.63) is 64.7 Å². The molecule has 31 heavy (non-hydrogen) atoms. The van der Waals surface area contributed by atoms with Gasteiger partial charge in [0.2, 0.25) is 0 Å². The van der Waals surface area contributed by atoms with Crippen molar-refractivity contribution < 1.29 is 24.2 Å². The number of ether oxygens (including phenoxy) is 1. The van der Waals surface area contributed by atoms with Crippen molar-refractivity contribution in [1.29, 1.82) is 0 Å². The van der Waals surface area contributed by atoms with Gasteiger partial charge in [0.25, 0.3) is 11.8 Å². The van der Waals surface area contributed by atoms with Crippen molar-refractivity contribution >= 4 is 29.4 Å². The second-order valence-electron chi connectivity index (χ2n) is 7.48. The van der Waals surface area contributed by atoms with Gasteiger partial charge in [0.15, 0.2) is 0 Å². The second-order valence-corrected chi connectivity index (χ2v) is 7.91. The minimum atomic E-state index is -0.738. The fourth-order valence-electron chi connectivity index (χ4n) is 3.49. The maximum Gasteiger partial charge on any atom is 0.306 e. The molecule has 8 heteroatoms. The lowest BCUT2D eigenvalue weighted by Crippen LogP contribution is -2.34. The summed E-state index contributed by atoms with van der Waals surface area (Å²) < 4.78 is 5.91. The van der Waals surface area contributed by atoms with E-state index < -0.39 is 5.97 Å². The highest BCUT2D eigenvalue weighted by Crippen LogP contribution is 2.28. The van der Waals surface area contributed by atoms with Crippen LogP contribution in [0.15, 0.2) is 48.5 Å². The molecule has 3 N–H and O–H groups in total. The maximum atomic E-state index is 12.3. The Labute approximate surface area is 185 Å². The summed E-state index contributed by atoms with van der Waals surface area (Å²) in [4.78, 5) is 35.3. The lowest BCUT2D eigenvalue weighted by atomic mass is 9.87. The van der Waals surface area contributed by atoms with Crippen LogP contribution in [-0.4, -0.2) is 42.1 Å². The largest absolute Gasteiger partial charge is 0.490 e. The molecule has 1 aliphatic rings. The first kappa shape index (κ1) is 22.6. The van der Waals surface area contributed by atoms with Crippen LogP contribution in [0.3, 0.4) is 0 Å². The number of carbonyl (C=O) groups is 3. The first-order chi connectivity index (χ1) is 14.9. The Hall–Kier alpha value is -3.06. The first-order valence-electron chi connectivity index (χ1n) is 10.2. The molecular weight excluding hydrogens is 420 g/mol. The molecular formula is C23H25ClN2O5. The van der Waals surface area contributed by atoms with E-state index >= 15 is 0 Å². The van der Waals surface area contributed by atoms with Crippen molar-refractivity contribution in [2.45, 2.75) is 31.8 Å². The summed E-state index contributed by atoms with van der Waals surface area (Å²) >= 11 is 5.88. The minimum absolute atomic E-state index is 0.00150. The second kappa shape index (κ2) is 10.8. The van der Waals surface area contributed by atoms with Crippen molar-refractivity contribution in [3.63, 3.8) is 0 Å². The predicted octanol–water partition coefficient (Wildman–Crippen LogP) is 3.52. The van der Waals surface area contributed by atoms with Crippen LogP contribution >= 0.6 is 11.6 Å². The normalized spacial score (nSPS) is 18.1. The number of rotatable bonds is 8. The SMILES string of the molecule is O=C(NCCNC(=O)c1cccc(Cl)c1)c1ccc(O[C@H]2CC[C@@H](C(=O)O)CC2)cc1. The third-order valence-electron chi connectivity index (χ3n) is 5.23. The van der Waals surface area contributed by atoms with Gasteiger partial charge in [0, 0.05) is 29.2 Å². The van der Waals surface area contributed by atoms with Crippen LogP contribution < -0.4 is 15.4 Å². The Balaban J connectivity index is 1.39. The van der Waals surface area contributed by atoms with E-state index in [2.05, 4.69) is 10.6 Å². The molecule has 0 aromatic heterocycles. The van der Waals surface area contributed by atoms with E-state index in [9.17, 15) is 14.4 Å². The fraction of sp³-hybridized carbons (Fsp3) is 0.348. The van der Waals surface area contributed by atoms with E-state index in [0.29, 0.717) is 47.6 Å². The molecule has 0 heterocycles. The van der Waals surface area contributed by atoms with E-state index in [4.69, 9.17) is 21.4 Å². The van der Waals surface area contributed by atoms with Gasteiger partial charge in [-0.2, -0.15) is 0 Å². The molecule has 1 fully saturated rings. The number of aliphatic carboxylic acids is 1. The number of benzene rings is 2. The van der Waals surface area contributed by atoms with Crippen molar-refractivity contribution in [2.75, 3.05) is 13.1 Å². The maximum absolute atomic E-state index is 12.3. The topological polar surface area (TPSA) is 105 Å². The van der Waals surface area contributed by atoms with Crippen LogP contribution in [0.25, 0.3) is 0 Å². The number of nitrogens with one attached hydrogen (secondary N) is 2. The van der Waals surface area contributed by atoms with E-state index in [0.717, 1.165) is 0 Å². The Morgan fingerprint density at radius 2 is 1.52 bits per heavy atom. The van der Waals surface area contributed by atoms with Crippen molar-refractivity contribution in [2.24, 2.45) is 5.92 Å². The summed E-state index contributed by atoms with van der Waals surface area (Å²) in [6, 6.07) is 13.5. The van der Waals surface area contributed by atoms with Crippen LogP contribution in [0.5, 0.6) is 5.75 Å². The average molecular weight is 445 g/mol. The van der Waals surface area contributed by atoms with Gasteiger partial charge in [-0.1, -0.05) is 17.7 Å². The van der Waals surface area contributed by atoms with E-state index in [-0.39, 0.29) is 36.9 Å². The van der Waals surface area contributed by atoms with E-state index in [1.165, 1.54) is 0 Å². The molecule has 1 saturated carbocycles. The number of carboxylic acid groups (broad SMARTS) is 1. The number of carboxylic acids is 1. The molecule has 0 saturated heterocycles. The summed E-state index contributed by atoms with van der Waals surface area (Å²) in [6.45, 7) is 0.577. The quantitative estimate of drug-likeness (QED) is 0.540. The van der Waals surface area contributed by atoms with E-state index in [1.54, 1.807) is 48.5 Å². The zero-order valence-electron chi connectivity index (χ0n) is 17.0. The highest BCUT2D eigenvalue weighted by molar-refractivity contribution is 6.30. The van der Waals surface area contributed by atoms with Crippen LogP contribution in [0, 0.1) is 5.92 Å². The third-order valence-corrected chi connectivity index (χ3v) is 5.46. The van der Waals surface area contributed by atoms with Gasteiger partial charge in [-0.05, 0) is 68.1 Å². The number of halogens is 1. The van der Waals surface area contributed by atoms with Gasteiger partial charge in [0.05, 0.1) is 12.0 Å². The molecule has 0 radical (unpaired) electrons. The molecule has 0 unspecified atom stereocenters. The monoisotopic (exact) mass is 444 g/mol. The smallest absolute Gasteiger partial charge is 0.306 e. The standard InChI is InChI=1S/C23H25ClN2O5/c24-18-3-1-2-17(14-18)22(28)26-13-12-25-21(27)15-4-8-19(9-5-15)31-20-10-6-16(7-11-20)23(29)30/h1-5,8-9,14,16,20H,6-7,10-13H2,(H,25,27)(H,26,28)(H,29,30)/t16-,20+. The molecule has 0 aliphatic heterocycles. The Kier molecular flexibility index (Phi) is 7.89. The van der Waals surface area contributed by atoms with Gasteiger partial charge in [-0.15, -0.1) is 0 Å². The lowest BCUT2D eigenvalue weighted by molar-refractivity contribution is -0.143. The average Bonchev–Trinajstić information content (AvgIpc) is 2.77. The van der Waals surface area contributed by atoms with Gasteiger partial charge in [0.1, 0.15) is 5.75 Å². The summed E-state index contributed by atoms with van der Waals surface area (Å²) in [7, 11) is 0. The molecule has 3 rings (SSSR count). The molecule has 2 aromatic rings. The molecule has 0 spiro atoms. The highest BCUT2D eigenvalue weighted by Gasteiger charge is 2.26. The molecule has 1 aliphatic carbocycles. The van der Waals surface area contributed by atoms with Gasteiger partial charge < -0.3 is 20.5 Å². The fourth-order valence-corrected chi connectivity index (χ4v) is 3.68. The van der Waals surface area contributed by atoms with Crippen molar-refractivity contribution in [3.8, 4) is 5.75 Å². The molecule has 2 amide bonds. The zero-order valence-corrected chi connectivity index (χ0v) is 17.7. The molecule has 0 atom stereocenters.